The van der Waals surface area contributed by atoms with Crippen LogP contribution in [0.1, 0.15) is 25.0 Å². The van der Waals surface area contributed by atoms with Gasteiger partial charge in [-0.3, -0.25) is 0 Å². The molecule has 2 aromatic rings. The Kier molecular flexibility index (Phi) is 6.80. The molecular formula is C22H28O4. The minimum atomic E-state index is -0.609. The van der Waals surface area contributed by atoms with Gasteiger partial charge in [0.15, 0.2) is 0 Å². The van der Waals surface area contributed by atoms with E-state index in [1.165, 1.54) is 0 Å². The second-order valence-corrected chi connectivity index (χ2v) is 6.99. The van der Waals surface area contributed by atoms with E-state index < -0.39 is 6.10 Å². The van der Waals surface area contributed by atoms with E-state index in [2.05, 4.69) is 0 Å². The zero-order chi connectivity index (χ0) is 18.4. The molecular weight excluding hydrogens is 328 g/mol. The quantitative estimate of drug-likeness (QED) is 0.824. The molecule has 1 fully saturated rings. The fourth-order valence-corrected chi connectivity index (χ4v) is 3.45. The van der Waals surface area contributed by atoms with Gasteiger partial charge in [-0.2, -0.15) is 0 Å². The molecule has 1 N–H and O–H groups in total. The van der Waals surface area contributed by atoms with Crippen molar-refractivity contribution < 1.29 is 19.3 Å². The number of aliphatic hydroxyl groups is 1. The molecule has 140 valence electrons. The Labute approximate surface area is 155 Å². The fourth-order valence-electron chi connectivity index (χ4n) is 3.45. The molecule has 4 heteroatoms. The highest BCUT2D eigenvalue weighted by Gasteiger charge is 2.41. The lowest BCUT2D eigenvalue weighted by Gasteiger charge is -2.42. The molecule has 0 bridgehead atoms. The lowest BCUT2D eigenvalue weighted by molar-refractivity contribution is -0.220. The molecule has 26 heavy (non-hydrogen) atoms. The van der Waals surface area contributed by atoms with Crippen LogP contribution in [0.25, 0.3) is 0 Å². The molecule has 0 aliphatic carbocycles. The zero-order valence-corrected chi connectivity index (χ0v) is 15.5. The van der Waals surface area contributed by atoms with Gasteiger partial charge in [-0.15, -0.1) is 0 Å². The van der Waals surface area contributed by atoms with Crippen LogP contribution in [0.5, 0.6) is 0 Å². The van der Waals surface area contributed by atoms with Gasteiger partial charge in [0.05, 0.1) is 38.1 Å². The van der Waals surface area contributed by atoms with Crippen molar-refractivity contribution in [2.45, 2.75) is 51.5 Å². The predicted octanol–water partition coefficient (Wildman–Crippen LogP) is 3.57. The van der Waals surface area contributed by atoms with Gasteiger partial charge < -0.3 is 19.3 Å². The minimum Gasteiger partial charge on any atom is -0.390 e. The van der Waals surface area contributed by atoms with Gasteiger partial charge in [-0.05, 0) is 18.1 Å². The number of benzene rings is 2. The van der Waals surface area contributed by atoms with E-state index in [-0.39, 0.29) is 24.2 Å². The van der Waals surface area contributed by atoms with Crippen LogP contribution in [0.15, 0.2) is 60.7 Å². The molecule has 2 aromatic carbocycles. The molecule has 4 nitrogen and oxygen atoms in total. The zero-order valence-electron chi connectivity index (χ0n) is 15.5. The molecule has 0 radical (unpaired) electrons. The Balaban J connectivity index is 1.49. The SMILES string of the molecule is C[C@@H]1OC(COCc2ccccc2)[C@@H](O)[C@H](C)C1OCc1ccccc1. The summed E-state index contributed by atoms with van der Waals surface area (Å²) in [6.07, 6.45) is -1.18. The minimum absolute atomic E-state index is 0.0206. The van der Waals surface area contributed by atoms with Crippen molar-refractivity contribution in [3.05, 3.63) is 71.8 Å². The van der Waals surface area contributed by atoms with E-state index in [1.807, 2.05) is 74.5 Å². The third kappa shape index (κ3) is 4.92. The standard InChI is InChI=1S/C22H28O4/c1-16-21(23)20(15-24-13-18-9-5-3-6-10-18)26-17(2)22(16)25-14-19-11-7-4-8-12-19/h3-12,16-17,20-23H,13-15H2,1-2H3/t16-,17-,20?,21-,22?/m0/s1. The van der Waals surface area contributed by atoms with Crippen LogP contribution in [-0.4, -0.2) is 36.1 Å². The Morgan fingerprint density at radius 2 is 1.46 bits per heavy atom. The van der Waals surface area contributed by atoms with Crippen LogP contribution in [0.2, 0.25) is 0 Å². The number of ether oxygens (including phenoxy) is 3. The number of aliphatic hydroxyl groups excluding tert-OH is 1. The molecule has 2 unspecified atom stereocenters. The Morgan fingerprint density at radius 3 is 2.08 bits per heavy atom. The lowest BCUT2D eigenvalue weighted by Crippen LogP contribution is -2.54. The average molecular weight is 356 g/mol. The summed E-state index contributed by atoms with van der Waals surface area (Å²) in [7, 11) is 0. The summed E-state index contributed by atoms with van der Waals surface area (Å²) in [4.78, 5) is 0. The first-order valence-corrected chi connectivity index (χ1v) is 9.26. The van der Waals surface area contributed by atoms with Crippen molar-refractivity contribution in [2.24, 2.45) is 5.92 Å². The Bertz CT molecular complexity index is 644. The third-order valence-corrected chi connectivity index (χ3v) is 4.97. The van der Waals surface area contributed by atoms with Crippen LogP contribution in [-0.2, 0) is 27.4 Å². The molecule has 0 saturated carbocycles. The smallest absolute Gasteiger partial charge is 0.107 e. The molecule has 1 saturated heterocycles. The maximum atomic E-state index is 10.6. The van der Waals surface area contributed by atoms with Gasteiger partial charge in [0, 0.05) is 5.92 Å². The Morgan fingerprint density at radius 1 is 0.885 bits per heavy atom. The molecule has 0 amide bonds. The van der Waals surface area contributed by atoms with Crippen molar-refractivity contribution in [1.82, 2.24) is 0 Å². The summed E-state index contributed by atoms with van der Waals surface area (Å²) >= 11 is 0. The van der Waals surface area contributed by atoms with Gasteiger partial charge in [0.25, 0.3) is 0 Å². The van der Waals surface area contributed by atoms with Crippen molar-refractivity contribution in [3.63, 3.8) is 0 Å². The van der Waals surface area contributed by atoms with Crippen LogP contribution in [0.3, 0.4) is 0 Å². The largest absolute Gasteiger partial charge is 0.390 e. The van der Waals surface area contributed by atoms with Crippen LogP contribution in [0.4, 0.5) is 0 Å². The highest BCUT2D eigenvalue weighted by Crippen LogP contribution is 2.29. The number of hydrogen-bond donors (Lipinski definition) is 1. The van der Waals surface area contributed by atoms with E-state index in [9.17, 15) is 5.11 Å². The normalized spacial score (nSPS) is 28.8. The molecule has 3 rings (SSSR count). The first-order valence-electron chi connectivity index (χ1n) is 9.26. The monoisotopic (exact) mass is 356 g/mol. The van der Waals surface area contributed by atoms with Crippen molar-refractivity contribution in [2.75, 3.05) is 6.61 Å². The van der Waals surface area contributed by atoms with Gasteiger partial charge in [-0.25, -0.2) is 0 Å². The van der Waals surface area contributed by atoms with Crippen LogP contribution in [0, 0.1) is 5.92 Å². The summed E-state index contributed by atoms with van der Waals surface area (Å²) in [5.74, 6) is -0.0206. The summed E-state index contributed by atoms with van der Waals surface area (Å²) < 4.78 is 17.8. The summed E-state index contributed by atoms with van der Waals surface area (Å²) in [6, 6.07) is 20.1. The van der Waals surface area contributed by atoms with Crippen molar-refractivity contribution in [3.8, 4) is 0 Å². The molecule has 0 spiro atoms. The van der Waals surface area contributed by atoms with E-state index >= 15 is 0 Å². The Hall–Kier alpha value is -1.72. The molecule has 1 aliphatic rings. The van der Waals surface area contributed by atoms with Gasteiger partial charge in [-0.1, -0.05) is 67.6 Å². The average Bonchev–Trinajstić information content (AvgIpc) is 2.67. The lowest BCUT2D eigenvalue weighted by atomic mass is 9.88. The third-order valence-electron chi connectivity index (χ3n) is 4.97. The second kappa shape index (κ2) is 9.28. The van der Waals surface area contributed by atoms with Crippen LogP contribution < -0.4 is 0 Å². The summed E-state index contributed by atoms with van der Waals surface area (Å²) in [5.41, 5.74) is 2.23. The predicted molar refractivity (Wildman–Crippen MR) is 101 cm³/mol. The van der Waals surface area contributed by atoms with E-state index in [0.717, 1.165) is 11.1 Å². The van der Waals surface area contributed by atoms with E-state index in [1.54, 1.807) is 0 Å². The number of rotatable bonds is 7. The summed E-state index contributed by atoms with van der Waals surface area (Å²) in [6.45, 7) is 5.43. The van der Waals surface area contributed by atoms with Crippen molar-refractivity contribution in [1.29, 1.82) is 0 Å². The second-order valence-electron chi connectivity index (χ2n) is 6.99. The summed E-state index contributed by atoms with van der Waals surface area (Å²) in [5, 5.41) is 10.6. The highest BCUT2D eigenvalue weighted by atomic mass is 16.6. The van der Waals surface area contributed by atoms with Gasteiger partial charge in [0.1, 0.15) is 6.10 Å². The highest BCUT2D eigenvalue weighted by molar-refractivity contribution is 5.14. The molecule has 0 aromatic heterocycles. The maximum absolute atomic E-state index is 10.6. The van der Waals surface area contributed by atoms with Gasteiger partial charge in [0.2, 0.25) is 0 Å². The fraction of sp³-hybridized carbons (Fsp3) is 0.455. The molecule has 5 atom stereocenters. The molecule has 1 aliphatic heterocycles. The van der Waals surface area contributed by atoms with E-state index in [0.29, 0.717) is 19.8 Å². The van der Waals surface area contributed by atoms with E-state index in [4.69, 9.17) is 14.2 Å². The first kappa shape index (κ1) is 19.1. The first-order chi connectivity index (χ1) is 12.6. The number of hydrogen-bond acceptors (Lipinski definition) is 4. The topological polar surface area (TPSA) is 47.9 Å². The maximum Gasteiger partial charge on any atom is 0.107 e. The van der Waals surface area contributed by atoms with Gasteiger partial charge >= 0.3 is 0 Å². The van der Waals surface area contributed by atoms with Crippen molar-refractivity contribution >= 4 is 0 Å². The molecule has 1 heterocycles. The van der Waals surface area contributed by atoms with Crippen LogP contribution >= 0.6 is 0 Å².